The number of imidazole rings is 2. The van der Waals surface area contributed by atoms with Crippen LogP contribution in [0.15, 0.2) is 161 Å². The summed E-state index contributed by atoms with van der Waals surface area (Å²) in [6.45, 7) is 15.2. The van der Waals surface area contributed by atoms with Crippen molar-refractivity contribution in [1.29, 1.82) is 0 Å². The maximum absolute atomic E-state index is 13.3. The van der Waals surface area contributed by atoms with Gasteiger partial charge in [0.1, 0.15) is 26.4 Å². The van der Waals surface area contributed by atoms with E-state index in [1.54, 1.807) is 49.4 Å². The molecule has 8 aromatic heterocycles. The van der Waals surface area contributed by atoms with Gasteiger partial charge in [-0.1, -0.05) is 68.8 Å². The number of fused-ring (bicyclic) bond motifs is 16. The van der Waals surface area contributed by atoms with Crippen LogP contribution >= 0.6 is 0 Å². The Bertz CT molecular complexity index is 4720. The van der Waals surface area contributed by atoms with Crippen LogP contribution in [0.25, 0.3) is 126 Å². The molecule has 4 aliphatic rings. The molecule has 0 aliphatic carbocycles. The molecule has 0 spiro atoms. The van der Waals surface area contributed by atoms with Crippen LogP contribution in [0.4, 0.5) is 0 Å². The van der Waals surface area contributed by atoms with Gasteiger partial charge in [0.25, 0.3) is 0 Å². The van der Waals surface area contributed by atoms with Gasteiger partial charge in [0.2, 0.25) is 0 Å². The highest BCUT2D eigenvalue weighted by Crippen LogP contribution is 2.39. The summed E-state index contributed by atoms with van der Waals surface area (Å²) >= 11 is 0. The molecular formula is C76H66N12O8. The molecule has 0 saturated carbocycles. The van der Waals surface area contributed by atoms with Gasteiger partial charge in [0.15, 0.2) is 0 Å². The Balaban J connectivity index is 1.07. The van der Waals surface area contributed by atoms with Gasteiger partial charge in [0, 0.05) is 117 Å². The molecule has 4 N–H and O–H groups in total. The summed E-state index contributed by atoms with van der Waals surface area (Å²) in [7, 11) is 0. The third-order valence-electron chi connectivity index (χ3n) is 16.6. The van der Waals surface area contributed by atoms with Gasteiger partial charge in [-0.25, -0.2) is 29.9 Å². The second-order valence-corrected chi connectivity index (χ2v) is 22.8. The van der Waals surface area contributed by atoms with Crippen LogP contribution in [0, 0.1) is 0 Å². The first-order chi connectivity index (χ1) is 47.0. The summed E-state index contributed by atoms with van der Waals surface area (Å²) < 4.78 is 25.8. The fourth-order valence-electron chi connectivity index (χ4n) is 12.2. The number of rotatable bonds is 24. The van der Waals surface area contributed by atoms with Crippen molar-refractivity contribution in [3.05, 3.63) is 229 Å². The maximum atomic E-state index is 13.3. The molecule has 12 heterocycles. The predicted octanol–water partition coefficient (Wildman–Crippen LogP) is 14.0. The lowest BCUT2D eigenvalue weighted by molar-refractivity contribution is -0.143. The Morgan fingerprint density at radius 1 is 0.375 bits per heavy atom. The molecule has 0 saturated heterocycles. The summed E-state index contributed by atoms with van der Waals surface area (Å²) in [6, 6.07) is 24.1. The summed E-state index contributed by atoms with van der Waals surface area (Å²) in [5, 5.41) is 0. The highest BCUT2D eigenvalue weighted by Gasteiger charge is 2.23. The average molecular weight is 1280 g/mol. The van der Waals surface area contributed by atoms with Gasteiger partial charge in [0.05, 0.1) is 80.6 Å². The first-order valence-electron chi connectivity index (χ1n) is 31.5. The summed E-state index contributed by atoms with van der Waals surface area (Å²) in [5.74, 6) is -1.54. The Hall–Kier alpha value is -12.3. The number of aromatic amines is 4. The van der Waals surface area contributed by atoms with Gasteiger partial charge in [-0.3, -0.25) is 19.2 Å². The van der Waals surface area contributed by atoms with E-state index in [0.29, 0.717) is 67.6 Å². The third kappa shape index (κ3) is 13.3. The molecule has 4 aliphatic heterocycles. The number of nitrogens with one attached hydrogen (secondary N) is 4. The molecule has 0 unspecified atom stereocenters. The van der Waals surface area contributed by atoms with E-state index in [1.807, 2.05) is 137 Å². The average Bonchev–Trinajstić information content (AvgIpc) is 1.66. The van der Waals surface area contributed by atoms with E-state index in [0.717, 1.165) is 77.9 Å². The van der Waals surface area contributed by atoms with Crippen molar-refractivity contribution in [3.63, 3.8) is 0 Å². The van der Waals surface area contributed by atoms with Crippen LogP contribution in [-0.4, -0.2) is 109 Å². The number of benzene rings is 1. The number of hydrogen-bond donors (Lipinski definition) is 4. The molecule has 9 aromatic rings. The fourth-order valence-corrected chi connectivity index (χ4v) is 12.2. The van der Waals surface area contributed by atoms with E-state index in [9.17, 15) is 19.2 Å². The lowest BCUT2D eigenvalue weighted by atomic mass is 9.97. The van der Waals surface area contributed by atoms with Crippen LogP contribution in [0.3, 0.4) is 0 Å². The Morgan fingerprint density at radius 2 is 0.667 bits per heavy atom. The van der Waals surface area contributed by atoms with Crippen molar-refractivity contribution in [2.45, 2.75) is 51.4 Å². The Labute approximate surface area is 551 Å². The largest absolute Gasteiger partial charge is 0.461 e. The molecule has 13 rings (SSSR count). The summed E-state index contributed by atoms with van der Waals surface area (Å²) in [4.78, 5) is 98.4. The molecule has 20 heteroatoms. The topological polar surface area (TPSA) is 256 Å². The second-order valence-electron chi connectivity index (χ2n) is 22.8. The van der Waals surface area contributed by atoms with E-state index in [1.165, 1.54) is 0 Å². The molecular weight excluding hydrogens is 1210 g/mol. The van der Waals surface area contributed by atoms with Crippen LogP contribution in [0.1, 0.15) is 93.5 Å². The first kappa shape index (κ1) is 62.5. The highest BCUT2D eigenvalue weighted by molar-refractivity contribution is 5.97. The summed E-state index contributed by atoms with van der Waals surface area (Å²) in [5.41, 5.74) is 18.4. The molecule has 96 heavy (non-hydrogen) atoms. The van der Waals surface area contributed by atoms with E-state index in [4.69, 9.17) is 38.9 Å². The molecule has 0 atom stereocenters. The lowest BCUT2D eigenvalue weighted by Crippen LogP contribution is -2.06. The molecule has 0 amide bonds. The molecule has 478 valence electrons. The minimum atomic E-state index is -0.386. The quantitative estimate of drug-likeness (QED) is 0.0249. The number of esters is 4. The van der Waals surface area contributed by atoms with Crippen molar-refractivity contribution >= 4 is 117 Å². The standard InChI is InChI=1S/C76H66N12O8/c1-5-40-93-69(89)32-12-49-53-16-24-61(79-53)73(62-25-17-54(80-62)50(13-33-70(90)94-41-6-2)58-21-29-66(84-58)75(87-38-36-77-45-87)65-28-20-57(49)83-65)47-10-9-11-48(44-47)74-63-26-18-55(81-63)51(14-34-71(91)95-42-7-3)59-22-30-67(85-59)76(88-39-37-78-46-88)68-31-23-60(86-68)52(56-19-27-64(74)82-56)15-35-72(92)96-43-8-4/h5-11,16-31,36-39,44-46,79,81,84,86H,1-4,12-15,32-35,40-43H2. The number of aromatic nitrogens is 12. The Morgan fingerprint density at radius 3 is 0.990 bits per heavy atom. The number of carbonyl (C=O) groups is 4. The van der Waals surface area contributed by atoms with Crippen molar-refractivity contribution in [2.75, 3.05) is 26.4 Å². The Kier molecular flexibility index (Phi) is 18.4. The van der Waals surface area contributed by atoms with Crippen molar-refractivity contribution in [1.82, 2.24) is 59.0 Å². The summed E-state index contributed by atoms with van der Waals surface area (Å²) in [6.07, 6.45) is 33.7. The zero-order chi connectivity index (χ0) is 66.1. The molecule has 0 fully saturated rings. The number of aryl methyl sites for hydroxylation is 4. The number of H-pyrrole nitrogens is 4. The molecule has 0 radical (unpaired) electrons. The van der Waals surface area contributed by atoms with Gasteiger partial charge < -0.3 is 48.0 Å². The van der Waals surface area contributed by atoms with Crippen molar-refractivity contribution < 1.29 is 38.1 Å². The zero-order valence-corrected chi connectivity index (χ0v) is 52.5. The minimum Gasteiger partial charge on any atom is -0.461 e. The van der Waals surface area contributed by atoms with Gasteiger partial charge in [-0.2, -0.15) is 0 Å². The minimum absolute atomic E-state index is 0.0612. The first-order valence-corrected chi connectivity index (χ1v) is 31.5. The van der Waals surface area contributed by atoms with E-state index < -0.39 is 0 Å². The van der Waals surface area contributed by atoms with Crippen LogP contribution in [-0.2, 0) is 63.8 Å². The zero-order valence-electron chi connectivity index (χ0n) is 52.5. The number of nitrogens with zero attached hydrogens (tertiary/aromatic N) is 8. The van der Waals surface area contributed by atoms with Gasteiger partial charge in [-0.15, -0.1) is 0 Å². The molecule has 16 bridgehead atoms. The second kappa shape index (κ2) is 28.3. The lowest BCUT2D eigenvalue weighted by Gasteiger charge is -2.10. The maximum Gasteiger partial charge on any atom is 0.306 e. The highest BCUT2D eigenvalue weighted by atomic mass is 16.5. The molecule has 1 aromatic carbocycles. The van der Waals surface area contributed by atoms with Crippen LogP contribution in [0.2, 0.25) is 0 Å². The van der Waals surface area contributed by atoms with E-state index in [2.05, 4.69) is 62.3 Å². The van der Waals surface area contributed by atoms with E-state index >= 15 is 0 Å². The number of ether oxygens (including phenoxy) is 4. The number of carbonyl (C=O) groups excluding carboxylic acids is 4. The van der Waals surface area contributed by atoms with Gasteiger partial charge >= 0.3 is 23.9 Å². The van der Waals surface area contributed by atoms with Crippen molar-refractivity contribution in [2.24, 2.45) is 0 Å². The SMILES string of the molecule is C=CCOC(=O)CCc1c2nc(c(-n3ccnc3)c3ccc([nH]3)c(CCC(=O)OCC=C)c3nc(c(-c4cccc(-c5c6nc(c(CCC(=O)OCC=C)c7ccc([nH]7)c(-n7ccnc7)c7nc(c(CCC(=O)OCC=C)c8ccc5[nH]8)C=C7)C=C6)c4)c4ccc1[nH]4)C=C3)C=C2. The fraction of sp³-hybridized carbons (Fsp3) is 0.158. The van der Waals surface area contributed by atoms with Gasteiger partial charge in [-0.05, 0) is 140 Å². The van der Waals surface area contributed by atoms with Crippen molar-refractivity contribution in [3.8, 4) is 33.6 Å². The predicted molar refractivity (Wildman–Crippen MR) is 374 cm³/mol. The number of hydrogen-bond acceptors (Lipinski definition) is 14. The molecule has 20 nitrogen and oxygen atoms in total. The normalized spacial score (nSPS) is 12.0. The monoisotopic (exact) mass is 1270 g/mol. The van der Waals surface area contributed by atoms with E-state index in [-0.39, 0.29) is 102 Å². The van der Waals surface area contributed by atoms with Crippen LogP contribution in [0.5, 0.6) is 0 Å². The smallest absolute Gasteiger partial charge is 0.306 e. The van der Waals surface area contributed by atoms with Crippen LogP contribution < -0.4 is 0 Å². The third-order valence-corrected chi connectivity index (χ3v) is 16.6.